The summed E-state index contributed by atoms with van der Waals surface area (Å²) in [5.74, 6) is -10.0. The van der Waals surface area contributed by atoms with Crippen LogP contribution in [-0.4, -0.2) is 101 Å². The first-order chi connectivity index (χ1) is 27.8. The van der Waals surface area contributed by atoms with Crippen molar-refractivity contribution < 1.29 is 59.4 Å². The Hall–Kier alpha value is -4.49. The Kier molecular flexibility index (Phi) is 10.8. The summed E-state index contributed by atoms with van der Waals surface area (Å²) < 4.78 is 105. The van der Waals surface area contributed by atoms with E-state index in [1.165, 1.54) is 33.1 Å². The summed E-state index contributed by atoms with van der Waals surface area (Å²) >= 11 is 0. The lowest BCUT2D eigenvalue weighted by Gasteiger charge is -2.36. The molecule has 5 aliphatic rings. The first-order valence-electron chi connectivity index (χ1n) is 20.2. The Balaban J connectivity index is 1.29. The molecule has 1 aromatic carbocycles. The fourth-order valence-corrected chi connectivity index (χ4v) is 9.75. The van der Waals surface area contributed by atoms with Gasteiger partial charge in [-0.15, -0.1) is 0 Å². The number of alkyl carbamates (subject to hydrolysis) is 1. The lowest BCUT2D eigenvalue weighted by molar-refractivity contribution is -0.143. The minimum atomic E-state index is -4.31. The maximum atomic E-state index is 16.3. The number of halogens is 4. The average molecular weight is 869 g/mol. The second kappa shape index (κ2) is 14.9. The van der Waals surface area contributed by atoms with Crippen molar-refractivity contribution in [2.24, 2.45) is 23.2 Å². The van der Waals surface area contributed by atoms with E-state index in [-0.39, 0.29) is 36.2 Å². The Labute approximate surface area is 345 Å². The average Bonchev–Trinajstić information content (AvgIpc) is 4.11. The number of hydrogen-bond donors (Lipinski definition) is 3. The van der Waals surface area contributed by atoms with Crippen LogP contribution in [0.3, 0.4) is 0 Å². The van der Waals surface area contributed by atoms with Gasteiger partial charge < -0.3 is 29.7 Å². The molecule has 330 valence electrons. The quantitative estimate of drug-likeness (QED) is 0.319. The number of amides is 4. The van der Waals surface area contributed by atoms with Crippen molar-refractivity contribution in [1.82, 2.24) is 30.2 Å². The minimum absolute atomic E-state index is 0.0828. The van der Waals surface area contributed by atoms with Gasteiger partial charge in [0.25, 0.3) is 11.8 Å². The molecule has 15 nitrogen and oxygen atoms in total. The Morgan fingerprint density at radius 1 is 1.05 bits per heavy atom. The largest absolute Gasteiger partial charge is 0.497 e. The number of aromatic nitrogens is 2. The van der Waals surface area contributed by atoms with Crippen LogP contribution in [-0.2, 0) is 35.1 Å². The summed E-state index contributed by atoms with van der Waals surface area (Å²) in [7, 11) is -2.90. The number of rotatable bonds is 7. The molecule has 4 amide bonds. The van der Waals surface area contributed by atoms with Crippen LogP contribution < -0.4 is 24.8 Å². The van der Waals surface area contributed by atoms with Gasteiger partial charge in [-0.2, -0.15) is 8.78 Å². The van der Waals surface area contributed by atoms with E-state index < -0.39 is 128 Å². The number of methoxy groups -OCH3 is 1. The van der Waals surface area contributed by atoms with Crippen molar-refractivity contribution >= 4 is 44.9 Å². The van der Waals surface area contributed by atoms with Gasteiger partial charge in [0.15, 0.2) is 5.69 Å². The Morgan fingerprint density at radius 3 is 2.37 bits per heavy atom. The molecule has 1 unspecified atom stereocenters. The number of carbonyl (C=O) groups is 4. The summed E-state index contributed by atoms with van der Waals surface area (Å²) in [6, 6.07) is 1.53. The van der Waals surface area contributed by atoms with E-state index in [9.17, 15) is 36.4 Å². The van der Waals surface area contributed by atoms with Crippen LogP contribution in [0.2, 0.25) is 0 Å². The van der Waals surface area contributed by atoms with Crippen LogP contribution in [0, 0.1) is 23.2 Å². The number of carbonyl (C=O) groups excluding carboxylic acids is 4. The highest BCUT2D eigenvalue weighted by Crippen LogP contribution is 2.51. The number of fused-ring (bicyclic) bond motifs is 5. The van der Waals surface area contributed by atoms with Crippen molar-refractivity contribution in [1.29, 1.82) is 0 Å². The van der Waals surface area contributed by atoms with Gasteiger partial charge in [-0.1, -0.05) is 34.1 Å². The molecular weight excluding hydrogens is 817 g/mol. The Morgan fingerprint density at radius 2 is 1.75 bits per heavy atom. The molecule has 2 aliphatic heterocycles. The molecule has 60 heavy (non-hydrogen) atoms. The molecule has 3 N–H and O–H groups in total. The smallest absolute Gasteiger partial charge is 0.408 e. The third-order valence-corrected chi connectivity index (χ3v) is 15.2. The summed E-state index contributed by atoms with van der Waals surface area (Å²) in [6.07, 6.45) is -4.62. The molecular formula is C40H52F4N6O9S. The lowest BCUT2D eigenvalue weighted by atomic mass is 9.85. The summed E-state index contributed by atoms with van der Waals surface area (Å²) in [6.45, 7) is 9.14. The second-order valence-electron chi connectivity index (χ2n) is 18.7. The first kappa shape index (κ1) is 43.6. The van der Waals surface area contributed by atoms with Crippen LogP contribution in [0.25, 0.3) is 11.0 Å². The van der Waals surface area contributed by atoms with Crippen molar-refractivity contribution in [2.75, 3.05) is 13.7 Å². The molecule has 3 aliphatic carbocycles. The lowest BCUT2D eigenvalue weighted by Crippen LogP contribution is -2.61. The highest BCUT2D eigenvalue weighted by Gasteiger charge is 2.68. The molecule has 7 rings (SSSR count). The van der Waals surface area contributed by atoms with E-state index in [1.807, 2.05) is 4.72 Å². The number of sulfonamides is 1. The standard InChI is InChI=1S/C40H52F4N6O9S/c1-20-26-19-50(27(20)31(51)48-39(18-23(39)30(41)42)34(53)49-60(55,56)37(5)14-15-37)33(52)29(36(2,3)4)47-35(54)59-38(6)17-21(38)10-8-9-13-40(43,44)28-32(58-26)46-25-16-22(57-7)11-12-24(25)45-28/h11-12,16,20-21,23,26-27,29-30H,8-10,13-15,17-19H2,1-7H3,(H,47,54)(H,48,51)(H,49,53)/t20-,21-,23?,26+,27+,29-,38-,39-/m1/s1. The van der Waals surface area contributed by atoms with E-state index in [0.717, 1.165) is 4.90 Å². The van der Waals surface area contributed by atoms with Crippen LogP contribution in [0.5, 0.6) is 11.6 Å². The third-order valence-electron chi connectivity index (χ3n) is 13.0. The summed E-state index contributed by atoms with van der Waals surface area (Å²) in [4.78, 5) is 66.2. The summed E-state index contributed by atoms with van der Waals surface area (Å²) in [5.41, 5.74) is -4.77. The minimum Gasteiger partial charge on any atom is -0.497 e. The van der Waals surface area contributed by atoms with E-state index in [1.54, 1.807) is 33.8 Å². The van der Waals surface area contributed by atoms with Gasteiger partial charge >= 0.3 is 6.09 Å². The van der Waals surface area contributed by atoms with E-state index >= 15 is 8.78 Å². The molecule has 1 saturated heterocycles. The van der Waals surface area contributed by atoms with Crippen molar-refractivity contribution in [3.8, 4) is 11.6 Å². The maximum Gasteiger partial charge on any atom is 0.408 e. The first-order valence-corrected chi connectivity index (χ1v) is 21.7. The molecule has 4 fully saturated rings. The van der Waals surface area contributed by atoms with Crippen LogP contribution in [0.15, 0.2) is 18.2 Å². The molecule has 2 aromatic rings. The topological polar surface area (TPSA) is 195 Å². The number of nitrogens with one attached hydrogen (secondary N) is 3. The van der Waals surface area contributed by atoms with Gasteiger partial charge in [0, 0.05) is 24.3 Å². The number of nitrogens with zero attached hydrogens (tertiary/aromatic N) is 3. The molecule has 20 heteroatoms. The van der Waals surface area contributed by atoms with Crippen molar-refractivity contribution in [3.05, 3.63) is 23.9 Å². The van der Waals surface area contributed by atoms with Gasteiger partial charge in [0.05, 0.1) is 35.4 Å². The predicted molar refractivity (Wildman–Crippen MR) is 207 cm³/mol. The van der Waals surface area contributed by atoms with Gasteiger partial charge in [0.2, 0.25) is 34.1 Å². The number of hydrogen-bond acceptors (Lipinski definition) is 11. The van der Waals surface area contributed by atoms with Crippen molar-refractivity contribution in [2.45, 2.75) is 139 Å². The van der Waals surface area contributed by atoms with E-state index in [4.69, 9.17) is 14.2 Å². The fraction of sp³-hybridized carbons (Fsp3) is 0.700. The Bertz CT molecular complexity index is 2200. The van der Waals surface area contributed by atoms with Gasteiger partial charge in [-0.25, -0.2) is 32.0 Å². The van der Waals surface area contributed by atoms with Gasteiger partial charge in [-0.05, 0) is 69.9 Å². The number of ether oxygens (including phenoxy) is 3. The SMILES string of the molecule is COc1ccc2nc3c(nc2c1)O[C@H]1CN(C(=O)[C@H](C(C)(C)C)NC(=O)O[C@]2(C)C[C@H]2CCCCC3(F)F)[C@H](C(=O)N[C@]2(C(=O)NS(=O)(=O)C3(C)CC3)CC2C(F)F)[C@@H]1C. The molecule has 3 heterocycles. The van der Waals surface area contributed by atoms with Crippen LogP contribution in [0.4, 0.5) is 22.4 Å². The van der Waals surface area contributed by atoms with Gasteiger partial charge in [-0.3, -0.25) is 19.1 Å². The molecule has 0 spiro atoms. The van der Waals surface area contributed by atoms with Gasteiger partial charge in [0.1, 0.15) is 35.1 Å². The molecule has 3 saturated carbocycles. The predicted octanol–water partition coefficient (Wildman–Crippen LogP) is 4.96. The van der Waals surface area contributed by atoms with Crippen LogP contribution >= 0.6 is 0 Å². The normalized spacial score (nSPS) is 32.6. The van der Waals surface area contributed by atoms with E-state index in [2.05, 4.69) is 20.6 Å². The zero-order chi connectivity index (χ0) is 44.0. The monoisotopic (exact) mass is 868 g/mol. The van der Waals surface area contributed by atoms with Crippen LogP contribution in [0.1, 0.15) is 98.6 Å². The highest BCUT2D eigenvalue weighted by atomic mass is 32.2. The summed E-state index contributed by atoms with van der Waals surface area (Å²) in [5, 5.41) is 5.04. The zero-order valence-electron chi connectivity index (χ0n) is 34.6. The fourth-order valence-electron chi connectivity index (χ4n) is 8.44. The number of benzene rings is 1. The molecule has 0 radical (unpaired) electrons. The molecule has 1 aromatic heterocycles. The molecule has 2 bridgehead atoms. The molecule has 8 atom stereocenters. The van der Waals surface area contributed by atoms with E-state index in [0.29, 0.717) is 25.0 Å². The zero-order valence-corrected chi connectivity index (χ0v) is 35.4. The van der Waals surface area contributed by atoms with Crippen molar-refractivity contribution in [3.63, 3.8) is 0 Å². The maximum absolute atomic E-state index is 16.3. The highest BCUT2D eigenvalue weighted by molar-refractivity contribution is 7.91. The third kappa shape index (κ3) is 8.03. The number of alkyl halides is 4. The second-order valence-corrected chi connectivity index (χ2v) is 20.9.